The number of fused-ring (bicyclic) bond motifs is 1. The summed E-state index contributed by atoms with van der Waals surface area (Å²) in [6.07, 6.45) is 0. The largest absolute Gasteiger partial charge is 0.492 e. The molecule has 0 saturated carbocycles. The molecule has 3 aromatic carbocycles. The van der Waals surface area contributed by atoms with E-state index in [-0.39, 0.29) is 25.6 Å². The highest BCUT2D eigenvalue weighted by Gasteiger charge is 2.30. The molecule has 0 atom stereocenters. The van der Waals surface area contributed by atoms with Crippen LogP contribution in [-0.2, 0) is 23.1 Å². The summed E-state index contributed by atoms with van der Waals surface area (Å²) in [6, 6.07) is 18.6. The van der Waals surface area contributed by atoms with E-state index >= 15 is 0 Å². The Morgan fingerprint density at radius 3 is 2.39 bits per heavy atom. The summed E-state index contributed by atoms with van der Waals surface area (Å²) in [6.45, 7) is 6.64. The standard InChI is InChI=1S/C26H28N2O4S/c1-18-13-19(2)25(20(3)14-18)33(30,31)28-11-12-32-24-10-9-22(15-23(24)17-28)26(29)27-16-21-7-5-4-6-8-21/h4-10,13-15H,11-12,16-17H2,1-3H3,(H,27,29). The average molecular weight is 465 g/mol. The molecule has 0 radical (unpaired) electrons. The number of carbonyl (C=O) groups excluding carboxylic acids is 1. The maximum atomic E-state index is 13.6. The third-order valence-electron chi connectivity index (χ3n) is 5.77. The SMILES string of the molecule is Cc1cc(C)c(S(=O)(=O)N2CCOc3ccc(C(=O)NCc4ccccc4)cc3C2)c(C)c1. The van der Waals surface area contributed by atoms with Crippen molar-refractivity contribution >= 4 is 15.9 Å². The van der Waals surface area contributed by atoms with Crippen LogP contribution < -0.4 is 10.1 Å². The molecule has 0 fully saturated rings. The van der Waals surface area contributed by atoms with E-state index in [1.54, 1.807) is 18.2 Å². The number of nitrogens with one attached hydrogen (secondary N) is 1. The molecule has 1 amide bonds. The highest BCUT2D eigenvalue weighted by Crippen LogP contribution is 2.30. The molecular weight excluding hydrogens is 436 g/mol. The molecule has 172 valence electrons. The lowest BCUT2D eigenvalue weighted by molar-refractivity contribution is 0.0950. The first-order valence-corrected chi connectivity index (χ1v) is 12.4. The minimum Gasteiger partial charge on any atom is -0.492 e. The summed E-state index contributed by atoms with van der Waals surface area (Å²) >= 11 is 0. The van der Waals surface area contributed by atoms with Crippen LogP contribution >= 0.6 is 0 Å². The second-order valence-corrected chi connectivity index (χ2v) is 10.3. The molecular formula is C26H28N2O4S. The second-order valence-electron chi connectivity index (χ2n) is 8.41. The number of ether oxygens (including phenoxy) is 1. The molecule has 7 heteroatoms. The number of rotatable bonds is 5. The first-order chi connectivity index (χ1) is 15.8. The van der Waals surface area contributed by atoms with Gasteiger partial charge in [0.05, 0.1) is 4.90 Å². The van der Waals surface area contributed by atoms with Gasteiger partial charge >= 0.3 is 0 Å². The first-order valence-electron chi connectivity index (χ1n) is 10.9. The van der Waals surface area contributed by atoms with Gasteiger partial charge in [-0.25, -0.2) is 8.42 Å². The Labute approximate surface area is 195 Å². The van der Waals surface area contributed by atoms with Crippen molar-refractivity contribution in [1.82, 2.24) is 9.62 Å². The predicted octanol–water partition coefficient (Wildman–Crippen LogP) is 4.13. The zero-order valence-electron chi connectivity index (χ0n) is 19.1. The van der Waals surface area contributed by atoms with Gasteiger partial charge in [0.2, 0.25) is 10.0 Å². The molecule has 0 aliphatic carbocycles. The van der Waals surface area contributed by atoms with Gasteiger partial charge in [-0.3, -0.25) is 4.79 Å². The summed E-state index contributed by atoms with van der Waals surface area (Å²) in [4.78, 5) is 13.1. The van der Waals surface area contributed by atoms with E-state index in [0.717, 1.165) is 22.3 Å². The lowest BCUT2D eigenvalue weighted by Gasteiger charge is -2.22. The Bertz CT molecular complexity index is 1260. The van der Waals surface area contributed by atoms with Crippen LogP contribution in [0.15, 0.2) is 65.6 Å². The van der Waals surface area contributed by atoms with Gasteiger partial charge in [0.25, 0.3) is 5.91 Å². The van der Waals surface area contributed by atoms with Crippen molar-refractivity contribution in [2.75, 3.05) is 13.2 Å². The highest BCUT2D eigenvalue weighted by molar-refractivity contribution is 7.89. The monoisotopic (exact) mass is 464 g/mol. The number of hydrogen-bond acceptors (Lipinski definition) is 4. The average Bonchev–Trinajstić information content (AvgIpc) is 2.99. The van der Waals surface area contributed by atoms with Gasteiger partial charge in [-0.2, -0.15) is 4.31 Å². The number of nitrogens with zero attached hydrogens (tertiary/aromatic N) is 1. The van der Waals surface area contributed by atoms with E-state index in [2.05, 4.69) is 5.32 Å². The van der Waals surface area contributed by atoms with Crippen molar-refractivity contribution in [2.24, 2.45) is 0 Å². The van der Waals surface area contributed by atoms with Gasteiger partial charge in [-0.15, -0.1) is 0 Å². The van der Waals surface area contributed by atoms with Crippen LogP contribution in [0.2, 0.25) is 0 Å². The molecule has 33 heavy (non-hydrogen) atoms. The Morgan fingerprint density at radius 1 is 1.00 bits per heavy atom. The fraction of sp³-hybridized carbons (Fsp3) is 0.269. The zero-order chi connectivity index (χ0) is 23.6. The minimum absolute atomic E-state index is 0.143. The van der Waals surface area contributed by atoms with Crippen molar-refractivity contribution in [1.29, 1.82) is 0 Å². The van der Waals surface area contributed by atoms with Crippen LogP contribution in [0.5, 0.6) is 5.75 Å². The van der Waals surface area contributed by atoms with Crippen LogP contribution in [0.1, 0.15) is 38.2 Å². The lowest BCUT2D eigenvalue weighted by Crippen LogP contribution is -2.33. The molecule has 0 aromatic heterocycles. The van der Waals surface area contributed by atoms with Crippen molar-refractivity contribution < 1.29 is 17.9 Å². The number of sulfonamides is 1. The first kappa shape index (κ1) is 23.0. The molecule has 0 saturated heterocycles. The van der Waals surface area contributed by atoms with Crippen LogP contribution in [0, 0.1) is 20.8 Å². The van der Waals surface area contributed by atoms with Crippen molar-refractivity contribution in [3.63, 3.8) is 0 Å². The third-order valence-corrected chi connectivity index (χ3v) is 7.92. The number of aryl methyl sites for hydroxylation is 3. The van der Waals surface area contributed by atoms with E-state index in [1.165, 1.54) is 4.31 Å². The van der Waals surface area contributed by atoms with Gasteiger partial charge in [-0.1, -0.05) is 48.0 Å². The van der Waals surface area contributed by atoms with E-state index in [4.69, 9.17) is 4.74 Å². The summed E-state index contributed by atoms with van der Waals surface area (Å²) in [5.41, 5.74) is 4.63. The van der Waals surface area contributed by atoms with Crippen molar-refractivity contribution in [3.8, 4) is 5.75 Å². The van der Waals surface area contributed by atoms with Gasteiger partial charge < -0.3 is 10.1 Å². The third kappa shape index (κ3) is 4.94. The zero-order valence-corrected chi connectivity index (χ0v) is 19.9. The number of benzene rings is 3. The Morgan fingerprint density at radius 2 is 1.70 bits per heavy atom. The fourth-order valence-corrected chi connectivity index (χ4v) is 6.11. The highest BCUT2D eigenvalue weighted by atomic mass is 32.2. The van der Waals surface area contributed by atoms with E-state index in [9.17, 15) is 13.2 Å². The maximum absolute atomic E-state index is 13.6. The van der Waals surface area contributed by atoms with Gasteiger partial charge in [0, 0.05) is 30.8 Å². The Balaban J connectivity index is 1.58. The van der Waals surface area contributed by atoms with E-state index in [1.807, 2.05) is 63.2 Å². The summed E-state index contributed by atoms with van der Waals surface area (Å²) < 4.78 is 34.4. The molecule has 1 aliphatic rings. The van der Waals surface area contributed by atoms with Gasteiger partial charge in [0.15, 0.2) is 0 Å². The number of carbonyl (C=O) groups is 1. The van der Waals surface area contributed by atoms with E-state index in [0.29, 0.717) is 28.3 Å². The molecule has 1 N–H and O–H groups in total. The smallest absolute Gasteiger partial charge is 0.251 e. The van der Waals surface area contributed by atoms with Gasteiger partial charge in [0.1, 0.15) is 12.4 Å². The molecule has 0 bridgehead atoms. The van der Waals surface area contributed by atoms with E-state index < -0.39 is 10.0 Å². The molecule has 0 spiro atoms. The quantitative estimate of drug-likeness (QED) is 0.616. The van der Waals surface area contributed by atoms with Crippen molar-refractivity contribution in [2.45, 2.75) is 38.8 Å². The van der Waals surface area contributed by atoms with Crippen LogP contribution in [0.25, 0.3) is 0 Å². The number of hydrogen-bond donors (Lipinski definition) is 1. The summed E-state index contributed by atoms with van der Waals surface area (Å²) in [7, 11) is -3.73. The molecule has 1 aliphatic heterocycles. The Kier molecular flexibility index (Phi) is 6.54. The Hall–Kier alpha value is -3.16. The molecule has 6 nitrogen and oxygen atoms in total. The maximum Gasteiger partial charge on any atom is 0.251 e. The normalized spacial score (nSPS) is 14.2. The minimum atomic E-state index is -3.73. The second kappa shape index (κ2) is 9.37. The van der Waals surface area contributed by atoms with Crippen LogP contribution in [0.4, 0.5) is 0 Å². The fourth-order valence-electron chi connectivity index (χ4n) is 4.30. The summed E-state index contributed by atoms with van der Waals surface area (Å²) in [5.74, 6) is 0.384. The number of amides is 1. The molecule has 4 rings (SSSR count). The van der Waals surface area contributed by atoms with Gasteiger partial charge in [-0.05, 0) is 55.7 Å². The summed E-state index contributed by atoms with van der Waals surface area (Å²) in [5, 5.41) is 2.91. The van der Waals surface area contributed by atoms with Crippen LogP contribution in [-0.4, -0.2) is 31.8 Å². The van der Waals surface area contributed by atoms with Crippen molar-refractivity contribution in [3.05, 3.63) is 94.0 Å². The molecule has 0 unspecified atom stereocenters. The van der Waals surface area contributed by atoms with Crippen LogP contribution in [0.3, 0.4) is 0 Å². The predicted molar refractivity (Wildman–Crippen MR) is 128 cm³/mol. The topological polar surface area (TPSA) is 75.7 Å². The lowest BCUT2D eigenvalue weighted by atomic mass is 10.1. The molecule has 1 heterocycles. The molecule has 3 aromatic rings.